The number of benzene rings is 2. The third-order valence-corrected chi connectivity index (χ3v) is 6.22. The predicted octanol–water partition coefficient (Wildman–Crippen LogP) is 4.74. The van der Waals surface area contributed by atoms with Crippen molar-refractivity contribution in [1.82, 2.24) is 0 Å². The van der Waals surface area contributed by atoms with Crippen molar-refractivity contribution in [2.75, 3.05) is 19.1 Å². The molecule has 2 aromatic rings. The number of nitrogens with zero attached hydrogens (tertiary/aromatic N) is 2. The maximum Gasteiger partial charge on any atom is 0.232 e. The van der Waals surface area contributed by atoms with E-state index in [-0.39, 0.29) is 23.5 Å². The highest BCUT2D eigenvalue weighted by atomic mass is 16.5. The molecule has 0 saturated heterocycles. The van der Waals surface area contributed by atoms with Crippen LogP contribution >= 0.6 is 0 Å². The van der Waals surface area contributed by atoms with Gasteiger partial charge in [-0.1, -0.05) is 26.0 Å². The molecule has 2 aliphatic rings. The van der Waals surface area contributed by atoms with Crippen molar-refractivity contribution in [3.05, 3.63) is 64.9 Å². The Morgan fingerprint density at radius 3 is 2.50 bits per heavy atom. The van der Waals surface area contributed by atoms with Crippen molar-refractivity contribution in [3.8, 4) is 17.6 Å². The summed E-state index contributed by atoms with van der Waals surface area (Å²) in [5.41, 5.74) is 2.70. The van der Waals surface area contributed by atoms with Crippen molar-refractivity contribution >= 4 is 17.4 Å². The number of ether oxygens (including phenoxy) is 2. The van der Waals surface area contributed by atoms with Crippen LogP contribution in [0.1, 0.15) is 50.2 Å². The number of carbonyl (C=O) groups excluding carboxylic acids is 2. The average Bonchev–Trinajstić information content (AvgIpc) is 2.77. The highest BCUT2D eigenvalue weighted by Gasteiger charge is 2.45. The quantitative estimate of drug-likeness (QED) is 0.700. The van der Waals surface area contributed by atoms with Crippen LogP contribution < -0.4 is 14.4 Å². The minimum atomic E-state index is -0.434. The largest absolute Gasteiger partial charge is 0.497 e. The zero-order chi connectivity index (χ0) is 23.0. The van der Waals surface area contributed by atoms with E-state index in [1.807, 2.05) is 19.9 Å². The lowest BCUT2D eigenvalue weighted by molar-refractivity contribution is -0.121. The Labute approximate surface area is 188 Å². The molecule has 1 heterocycles. The van der Waals surface area contributed by atoms with Crippen LogP contribution in [-0.4, -0.2) is 25.9 Å². The molecule has 6 nitrogen and oxygen atoms in total. The van der Waals surface area contributed by atoms with Gasteiger partial charge in [0, 0.05) is 35.6 Å². The molecule has 1 unspecified atom stereocenters. The van der Waals surface area contributed by atoms with E-state index in [0.29, 0.717) is 46.9 Å². The van der Waals surface area contributed by atoms with E-state index in [9.17, 15) is 14.9 Å². The molecule has 164 valence electrons. The Bertz CT molecular complexity index is 1170. The smallest absolute Gasteiger partial charge is 0.232 e. The molecule has 1 atom stereocenters. The van der Waals surface area contributed by atoms with Gasteiger partial charge in [-0.25, -0.2) is 0 Å². The van der Waals surface area contributed by atoms with Gasteiger partial charge in [0.15, 0.2) is 5.78 Å². The first-order chi connectivity index (χ1) is 15.3. The Hall–Kier alpha value is -3.59. The molecule has 0 N–H and O–H groups in total. The molecule has 1 aliphatic heterocycles. The van der Waals surface area contributed by atoms with Crippen molar-refractivity contribution < 1.29 is 19.1 Å². The minimum Gasteiger partial charge on any atom is -0.497 e. The Kier molecular flexibility index (Phi) is 5.52. The number of rotatable bonds is 4. The number of hydrogen-bond acceptors (Lipinski definition) is 5. The van der Waals surface area contributed by atoms with Crippen molar-refractivity contribution in [1.29, 1.82) is 5.26 Å². The number of nitriles is 1. The predicted molar refractivity (Wildman–Crippen MR) is 121 cm³/mol. The maximum atomic E-state index is 13.6. The zero-order valence-corrected chi connectivity index (χ0v) is 18.8. The number of ketones is 1. The lowest BCUT2D eigenvalue weighted by Gasteiger charge is -2.43. The van der Waals surface area contributed by atoms with E-state index < -0.39 is 5.92 Å². The molecule has 2 aromatic carbocycles. The summed E-state index contributed by atoms with van der Waals surface area (Å²) in [7, 11) is 3.16. The highest BCUT2D eigenvalue weighted by Crippen LogP contribution is 2.50. The number of carbonyl (C=O) groups is 2. The van der Waals surface area contributed by atoms with Crippen LogP contribution in [0.2, 0.25) is 0 Å². The van der Waals surface area contributed by atoms with E-state index in [0.717, 1.165) is 5.56 Å². The molecule has 6 heteroatoms. The normalized spacial score (nSPS) is 20.0. The molecule has 0 spiro atoms. The first kappa shape index (κ1) is 21.6. The van der Waals surface area contributed by atoms with Gasteiger partial charge in [-0.2, -0.15) is 5.26 Å². The van der Waals surface area contributed by atoms with Crippen LogP contribution in [-0.2, 0) is 9.59 Å². The molecular formula is C26H26N2O4. The second-order valence-electron chi connectivity index (χ2n) is 9.02. The van der Waals surface area contributed by atoms with Gasteiger partial charge in [0.05, 0.1) is 25.5 Å². The SMILES string of the molecule is COc1ccc(OC)c(C2CC(=O)N(c3ccccc3C#N)C3=C2C(=O)CC(C)(C)C3)c1. The average molecular weight is 431 g/mol. The molecule has 4 rings (SSSR count). The fraction of sp³-hybridized carbons (Fsp3) is 0.346. The standard InChI is InChI=1S/C26H26N2O4/c1-26(2)13-21-25(22(29)14-26)19(18-11-17(31-3)9-10-23(18)32-4)12-24(30)28(21)20-8-6-5-7-16(20)15-27/h5-11,19H,12-14H2,1-4H3. The first-order valence-electron chi connectivity index (χ1n) is 10.6. The molecule has 0 aromatic heterocycles. The van der Waals surface area contributed by atoms with Gasteiger partial charge in [0.2, 0.25) is 5.91 Å². The fourth-order valence-corrected chi connectivity index (χ4v) is 4.84. The van der Waals surface area contributed by atoms with Crippen molar-refractivity contribution in [2.24, 2.45) is 5.41 Å². The number of Topliss-reactive ketones (excluding diaryl/α,β-unsaturated/α-hetero) is 1. The maximum absolute atomic E-state index is 13.6. The summed E-state index contributed by atoms with van der Waals surface area (Å²) < 4.78 is 11.0. The number of amides is 1. The monoisotopic (exact) mass is 430 g/mol. The summed E-state index contributed by atoms with van der Waals surface area (Å²) in [6, 6.07) is 14.6. The summed E-state index contributed by atoms with van der Waals surface area (Å²) in [5, 5.41) is 9.64. The molecule has 0 radical (unpaired) electrons. The molecule has 0 fully saturated rings. The van der Waals surface area contributed by atoms with Gasteiger partial charge >= 0.3 is 0 Å². The molecule has 1 aliphatic carbocycles. The van der Waals surface area contributed by atoms with E-state index in [2.05, 4.69) is 6.07 Å². The van der Waals surface area contributed by atoms with Crippen molar-refractivity contribution in [3.63, 3.8) is 0 Å². The topological polar surface area (TPSA) is 79.6 Å². The Morgan fingerprint density at radius 2 is 1.81 bits per heavy atom. The summed E-state index contributed by atoms with van der Waals surface area (Å²) in [6.45, 7) is 4.06. The highest BCUT2D eigenvalue weighted by molar-refractivity contribution is 6.08. The number of allylic oxidation sites excluding steroid dienone is 2. The summed E-state index contributed by atoms with van der Waals surface area (Å²) in [4.78, 5) is 28.7. The first-order valence-corrected chi connectivity index (χ1v) is 10.6. The lowest BCUT2D eigenvalue weighted by atomic mass is 9.69. The van der Waals surface area contributed by atoms with Gasteiger partial charge in [0.25, 0.3) is 0 Å². The van der Waals surface area contributed by atoms with Gasteiger partial charge in [-0.3, -0.25) is 14.5 Å². The van der Waals surface area contributed by atoms with Gasteiger partial charge in [-0.15, -0.1) is 0 Å². The number of methoxy groups -OCH3 is 2. The van der Waals surface area contributed by atoms with Gasteiger partial charge in [-0.05, 0) is 42.2 Å². The zero-order valence-electron chi connectivity index (χ0n) is 18.8. The number of anilines is 1. The Balaban J connectivity index is 1.97. The molecule has 1 amide bonds. The van der Waals surface area contributed by atoms with E-state index in [4.69, 9.17) is 9.47 Å². The van der Waals surface area contributed by atoms with Crippen LogP contribution in [0.15, 0.2) is 53.7 Å². The second kappa shape index (κ2) is 8.16. The van der Waals surface area contributed by atoms with E-state index >= 15 is 0 Å². The van der Waals surface area contributed by atoms with Crippen LogP contribution in [0.5, 0.6) is 11.5 Å². The minimum absolute atomic E-state index is 0.0260. The molecule has 32 heavy (non-hydrogen) atoms. The fourth-order valence-electron chi connectivity index (χ4n) is 4.84. The number of hydrogen-bond donors (Lipinski definition) is 0. The van der Waals surface area contributed by atoms with Crippen molar-refractivity contribution in [2.45, 2.75) is 39.0 Å². The molecule has 0 bridgehead atoms. The molecular weight excluding hydrogens is 404 g/mol. The van der Waals surface area contributed by atoms with Gasteiger partial charge < -0.3 is 9.47 Å². The van der Waals surface area contributed by atoms with E-state index in [1.54, 1.807) is 55.5 Å². The third kappa shape index (κ3) is 3.64. The third-order valence-electron chi connectivity index (χ3n) is 6.22. The number of para-hydroxylation sites is 1. The van der Waals surface area contributed by atoms with Crippen LogP contribution in [0, 0.1) is 16.7 Å². The van der Waals surface area contributed by atoms with Crippen LogP contribution in [0.4, 0.5) is 5.69 Å². The summed E-state index contributed by atoms with van der Waals surface area (Å²) >= 11 is 0. The van der Waals surface area contributed by atoms with Gasteiger partial charge in [0.1, 0.15) is 17.6 Å². The lowest BCUT2D eigenvalue weighted by Crippen LogP contribution is -2.44. The molecule has 0 saturated carbocycles. The van der Waals surface area contributed by atoms with E-state index in [1.165, 1.54) is 0 Å². The Morgan fingerprint density at radius 1 is 1.06 bits per heavy atom. The summed E-state index contributed by atoms with van der Waals surface area (Å²) in [6.07, 6.45) is 1.06. The summed E-state index contributed by atoms with van der Waals surface area (Å²) in [5.74, 6) is 0.691. The van der Waals surface area contributed by atoms with Crippen LogP contribution in [0.25, 0.3) is 0 Å². The van der Waals surface area contributed by atoms with Crippen LogP contribution in [0.3, 0.4) is 0 Å². The second-order valence-corrected chi connectivity index (χ2v) is 9.02.